The summed E-state index contributed by atoms with van der Waals surface area (Å²) in [5.41, 5.74) is 4.86. The van der Waals surface area contributed by atoms with E-state index in [4.69, 9.17) is 15.2 Å². The summed E-state index contributed by atoms with van der Waals surface area (Å²) >= 11 is 0. The minimum Gasteiger partial charge on any atom is -0.497 e. The Labute approximate surface area is 343 Å². The minimum absolute atomic E-state index is 0.0109. The molecule has 0 bridgehead atoms. The van der Waals surface area contributed by atoms with Crippen LogP contribution in [0.25, 0.3) is 0 Å². The normalized spacial score (nSPS) is 18.4. The first-order valence-corrected chi connectivity index (χ1v) is 19.9. The number of carbonyl (C=O) groups is 8. The highest BCUT2D eigenvalue weighted by Crippen LogP contribution is 2.31. The lowest BCUT2D eigenvalue weighted by Crippen LogP contribution is -2.58. The van der Waals surface area contributed by atoms with Gasteiger partial charge in [0, 0.05) is 13.0 Å². The maximum atomic E-state index is 14.7. The van der Waals surface area contributed by atoms with E-state index in [9.17, 15) is 43.5 Å². The number of primary amides is 1. The zero-order chi connectivity index (χ0) is 43.4. The molecule has 17 heteroatoms. The van der Waals surface area contributed by atoms with Crippen LogP contribution in [0.1, 0.15) is 111 Å². The number of nitrogens with two attached hydrogens (primary N) is 1. The second kappa shape index (κ2) is 20.7. The average molecular weight is 821 g/mol. The van der Waals surface area contributed by atoms with Gasteiger partial charge in [-0.2, -0.15) is 0 Å². The molecule has 17 nitrogen and oxygen atoms in total. The number of hydrogen-bond acceptors (Lipinski definition) is 10. The van der Waals surface area contributed by atoms with Crippen molar-refractivity contribution in [1.82, 2.24) is 26.2 Å². The summed E-state index contributed by atoms with van der Waals surface area (Å²) in [6.45, 7) is 6.55. The van der Waals surface area contributed by atoms with Crippen molar-refractivity contribution in [3.05, 3.63) is 65.2 Å². The molecule has 5 atom stereocenters. The molecule has 1 heterocycles. The second-order valence-electron chi connectivity index (χ2n) is 15.9. The van der Waals surface area contributed by atoms with Gasteiger partial charge in [0.15, 0.2) is 0 Å². The number of amides is 6. The van der Waals surface area contributed by atoms with Crippen molar-refractivity contribution >= 4 is 47.2 Å². The molecule has 6 amide bonds. The first-order chi connectivity index (χ1) is 27.9. The third-order valence-electron chi connectivity index (χ3n) is 10.3. The van der Waals surface area contributed by atoms with Gasteiger partial charge in [-0.15, -0.1) is 0 Å². The van der Waals surface area contributed by atoms with Crippen LogP contribution in [0, 0.1) is 5.92 Å². The second-order valence-corrected chi connectivity index (χ2v) is 15.9. The molecule has 1 aliphatic heterocycles. The summed E-state index contributed by atoms with van der Waals surface area (Å²) < 4.78 is 11.4. The number of carboxylic acid groups (broad SMARTS) is 1. The molecule has 2 aromatic carbocycles. The first-order valence-electron chi connectivity index (χ1n) is 19.9. The van der Waals surface area contributed by atoms with Crippen molar-refractivity contribution < 1.29 is 52.9 Å². The summed E-state index contributed by atoms with van der Waals surface area (Å²) in [7, 11) is 1.43. The van der Waals surface area contributed by atoms with E-state index < -0.39 is 89.6 Å². The maximum Gasteiger partial charge on any atom is 0.336 e. The van der Waals surface area contributed by atoms with Crippen LogP contribution in [0.15, 0.2) is 48.5 Å². The molecule has 0 spiro atoms. The Morgan fingerprint density at radius 3 is 2.20 bits per heavy atom. The number of benzene rings is 2. The molecule has 4 rings (SSSR count). The zero-order valence-corrected chi connectivity index (χ0v) is 34.2. The van der Waals surface area contributed by atoms with Gasteiger partial charge in [0.25, 0.3) is 11.8 Å². The van der Waals surface area contributed by atoms with Crippen molar-refractivity contribution in [2.75, 3.05) is 20.2 Å². The highest BCUT2D eigenvalue weighted by atomic mass is 16.5. The fourth-order valence-electron chi connectivity index (χ4n) is 7.57. The van der Waals surface area contributed by atoms with Gasteiger partial charge in [-0.05, 0) is 75.8 Å². The van der Waals surface area contributed by atoms with E-state index in [1.54, 1.807) is 25.1 Å². The summed E-state index contributed by atoms with van der Waals surface area (Å²) in [4.78, 5) is 107. The molecule has 2 aromatic rings. The van der Waals surface area contributed by atoms with Crippen molar-refractivity contribution in [2.24, 2.45) is 11.7 Å². The van der Waals surface area contributed by atoms with Crippen molar-refractivity contribution in [3.63, 3.8) is 0 Å². The lowest BCUT2D eigenvalue weighted by Gasteiger charge is -2.35. The summed E-state index contributed by atoms with van der Waals surface area (Å²) in [5.74, 6) is -7.07. The van der Waals surface area contributed by atoms with Crippen molar-refractivity contribution in [3.8, 4) is 5.75 Å². The SMILES string of the molecule is CCCC(NC(=O)C1CC(OC(C)(C)C)CN1C(=O)C(NC(=O)c1ccccc1C(=O)O)C1CCCCC1)C(=O)C(=O)NCC(=O)NC(C(N)=O)c1cccc(OC)c1. The van der Waals surface area contributed by atoms with Crippen molar-refractivity contribution in [1.29, 1.82) is 0 Å². The van der Waals surface area contributed by atoms with Crippen LogP contribution in [-0.2, 0) is 33.5 Å². The van der Waals surface area contributed by atoms with E-state index in [0.717, 1.165) is 19.3 Å². The lowest BCUT2D eigenvalue weighted by molar-refractivity contribution is -0.143. The predicted octanol–water partition coefficient (Wildman–Crippen LogP) is 2.17. The molecular weight excluding hydrogens is 764 g/mol. The molecule has 0 aromatic heterocycles. The van der Waals surface area contributed by atoms with Crippen LogP contribution in [0.5, 0.6) is 5.75 Å². The fraction of sp³-hybridized carbons (Fsp3) is 0.524. The number of carbonyl (C=O) groups excluding carboxylic acids is 7. The number of ketones is 1. The van der Waals surface area contributed by atoms with Gasteiger partial charge < -0.3 is 46.5 Å². The highest BCUT2D eigenvalue weighted by molar-refractivity contribution is 6.38. The topological polar surface area (TPSA) is 253 Å². The predicted molar refractivity (Wildman–Crippen MR) is 214 cm³/mol. The molecule has 7 N–H and O–H groups in total. The van der Waals surface area contributed by atoms with Gasteiger partial charge in [-0.1, -0.05) is 56.9 Å². The number of methoxy groups -OCH3 is 1. The van der Waals surface area contributed by atoms with Gasteiger partial charge >= 0.3 is 5.97 Å². The number of nitrogens with zero attached hydrogens (tertiary/aromatic N) is 1. The number of likely N-dealkylation sites (tertiary alicyclic amines) is 1. The van der Waals surface area contributed by atoms with Gasteiger partial charge in [0.1, 0.15) is 23.9 Å². The van der Waals surface area contributed by atoms with Gasteiger partial charge in [-0.25, -0.2) is 4.79 Å². The third kappa shape index (κ3) is 12.6. The quantitative estimate of drug-likeness (QED) is 0.119. The number of hydrogen-bond donors (Lipinski definition) is 6. The monoisotopic (exact) mass is 820 g/mol. The number of rotatable bonds is 18. The molecule has 320 valence electrons. The van der Waals surface area contributed by atoms with E-state index in [-0.39, 0.29) is 36.4 Å². The van der Waals surface area contributed by atoms with E-state index in [2.05, 4.69) is 21.3 Å². The lowest BCUT2D eigenvalue weighted by atomic mass is 9.83. The zero-order valence-electron chi connectivity index (χ0n) is 34.2. The highest BCUT2D eigenvalue weighted by Gasteiger charge is 2.46. The Balaban J connectivity index is 1.52. The van der Waals surface area contributed by atoms with Gasteiger partial charge in [0.2, 0.25) is 29.4 Å². The van der Waals surface area contributed by atoms with Crippen LogP contribution in [0.4, 0.5) is 0 Å². The Hall–Kier alpha value is -5.84. The average Bonchev–Trinajstić information content (AvgIpc) is 3.62. The fourth-order valence-corrected chi connectivity index (χ4v) is 7.57. The Morgan fingerprint density at radius 2 is 1.59 bits per heavy atom. The molecule has 2 aliphatic rings. The number of nitrogens with one attached hydrogen (secondary N) is 4. The number of Topliss-reactive ketones (excluding diaryl/α,β-unsaturated/α-hetero) is 1. The summed E-state index contributed by atoms with van der Waals surface area (Å²) in [6.07, 6.45) is 3.69. The molecular formula is C42H56N6O11. The summed E-state index contributed by atoms with van der Waals surface area (Å²) in [6, 6.07) is 7.17. The van der Waals surface area contributed by atoms with Crippen LogP contribution in [0.3, 0.4) is 0 Å². The Morgan fingerprint density at radius 1 is 0.915 bits per heavy atom. The molecule has 5 unspecified atom stereocenters. The van der Waals surface area contributed by atoms with E-state index in [0.29, 0.717) is 30.6 Å². The minimum atomic E-state index is -1.33. The van der Waals surface area contributed by atoms with Crippen LogP contribution in [0.2, 0.25) is 0 Å². The Kier molecular flexibility index (Phi) is 16.1. The molecule has 1 saturated heterocycles. The molecule has 1 aliphatic carbocycles. The first kappa shape index (κ1) is 45.9. The van der Waals surface area contributed by atoms with Crippen LogP contribution < -0.4 is 31.7 Å². The number of carboxylic acids is 1. The van der Waals surface area contributed by atoms with Crippen molar-refractivity contribution in [2.45, 2.75) is 115 Å². The standard InChI is InChI=1S/C42H56N6O11/c1-6-13-30(35(50)39(54)44-22-32(49)46-33(36(43)51)25-16-12-17-26(20-25)58-5)45-38(53)31-21-27(59-42(2,3)4)23-48(31)40(55)34(24-14-8-7-9-15-24)47-37(52)28-18-10-11-19-29(28)41(56)57/h10-12,16-20,24,27,30-31,33-34H,6-9,13-15,21-23H2,1-5H3,(H2,43,51)(H,44,54)(H,45,53)(H,46,49)(H,47,52)(H,56,57). The van der Waals surface area contributed by atoms with Crippen LogP contribution in [-0.4, -0.2) is 107 Å². The van der Waals surface area contributed by atoms with Gasteiger partial charge in [0.05, 0.1) is 42.5 Å². The van der Waals surface area contributed by atoms with Gasteiger partial charge in [-0.3, -0.25) is 33.6 Å². The molecule has 59 heavy (non-hydrogen) atoms. The molecule has 0 radical (unpaired) electrons. The van der Waals surface area contributed by atoms with E-state index in [1.807, 2.05) is 20.8 Å². The number of ether oxygens (including phenoxy) is 2. The Bertz CT molecular complexity index is 1890. The largest absolute Gasteiger partial charge is 0.497 e. The molecule has 2 fully saturated rings. The summed E-state index contributed by atoms with van der Waals surface area (Å²) in [5, 5.41) is 19.9. The van der Waals surface area contributed by atoms with E-state index >= 15 is 0 Å². The van der Waals surface area contributed by atoms with Crippen LogP contribution >= 0.6 is 0 Å². The smallest absolute Gasteiger partial charge is 0.336 e. The van der Waals surface area contributed by atoms with E-state index in [1.165, 1.54) is 42.3 Å². The number of aromatic carboxylic acids is 1. The third-order valence-corrected chi connectivity index (χ3v) is 10.3. The maximum absolute atomic E-state index is 14.7. The molecule has 1 saturated carbocycles.